The molecule has 4 rings (SSSR count). The number of carbonyl (C=O) groups excluding carboxylic acids is 2. The Morgan fingerprint density at radius 3 is 1.45 bits per heavy atom. The maximum atomic E-state index is 11.5. The van der Waals surface area contributed by atoms with Gasteiger partial charge in [-0.25, -0.2) is 9.36 Å². The molecule has 300 valence electrons. The number of benzene rings is 2. The van der Waals surface area contributed by atoms with Crippen molar-refractivity contribution in [3.63, 3.8) is 0 Å². The van der Waals surface area contributed by atoms with Crippen LogP contribution in [0.5, 0.6) is 0 Å². The second-order valence-electron chi connectivity index (χ2n) is 11.7. The zero-order valence-electron chi connectivity index (χ0n) is 32.1. The van der Waals surface area contributed by atoms with Crippen molar-refractivity contribution in [3.05, 3.63) is 108 Å². The Morgan fingerprint density at radius 2 is 1.07 bits per heavy atom. The van der Waals surface area contributed by atoms with Crippen LogP contribution in [0.1, 0.15) is 36.4 Å². The van der Waals surface area contributed by atoms with E-state index in [-0.39, 0.29) is 5.91 Å². The lowest BCUT2D eigenvalue weighted by Crippen LogP contribution is -2.22. The molecule has 0 saturated heterocycles. The molecule has 2 aromatic heterocycles. The van der Waals surface area contributed by atoms with E-state index in [1.54, 1.807) is 37.4 Å². The molecule has 0 radical (unpaired) electrons. The first-order valence-electron chi connectivity index (χ1n) is 17.4. The SMILES string of the molecule is C=C(C)C(=O)Cl.C=C(C)C(=O)NCc1ccc(-n2cc(COCCOCCOC)nn2)cc1.COCCOCCOCc1cn(-c2ccc(CN)cc2)nn1. The fourth-order valence-corrected chi connectivity index (χ4v) is 3.94. The highest BCUT2D eigenvalue weighted by atomic mass is 35.5. The van der Waals surface area contributed by atoms with Gasteiger partial charge in [0.05, 0.1) is 89.8 Å². The number of methoxy groups -OCH3 is 2. The van der Waals surface area contributed by atoms with Gasteiger partial charge in [0.1, 0.15) is 11.4 Å². The van der Waals surface area contributed by atoms with Crippen molar-refractivity contribution in [1.82, 2.24) is 35.3 Å². The molecule has 0 aliphatic heterocycles. The van der Waals surface area contributed by atoms with Gasteiger partial charge in [0, 0.05) is 38.5 Å². The highest BCUT2D eigenvalue weighted by Crippen LogP contribution is 2.11. The van der Waals surface area contributed by atoms with Crippen molar-refractivity contribution in [3.8, 4) is 11.4 Å². The van der Waals surface area contributed by atoms with Crippen molar-refractivity contribution in [1.29, 1.82) is 0 Å². The summed E-state index contributed by atoms with van der Waals surface area (Å²) in [5.41, 5.74) is 11.9. The van der Waals surface area contributed by atoms with E-state index in [0.717, 1.165) is 33.9 Å². The number of hydrogen-bond donors (Lipinski definition) is 2. The van der Waals surface area contributed by atoms with E-state index < -0.39 is 5.24 Å². The zero-order chi connectivity index (χ0) is 40.3. The molecule has 0 aliphatic rings. The summed E-state index contributed by atoms with van der Waals surface area (Å²) in [5, 5.41) is 18.7. The highest BCUT2D eigenvalue weighted by Gasteiger charge is 2.06. The van der Waals surface area contributed by atoms with Gasteiger partial charge in [-0.05, 0) is 60.8 Å². The van der Waals surface area contributed by atoms with Crippen LogP contribution in [0.4, 0.5) is 0 Å². The molecule has 0 atom stereocenters. The van der Waals surface area contributed by atoms with Gasteiger partial charge in [0.15, 0.2) is 0 Å². The van der Waals surface area contributed by atoms with E-state index in [4.69, 9.17) is 45.8 Å². The molecule has 2 heterocycles. The molecule has 0 unspecified atom stereocenters. The Kier molecular flexibility index (Phi) is 23.6. The lowest BCUT2D eigenvalue weighted by molar-refractivity contribution is -0.117. The first-order chi connectivity index (χ1) is 26.6. The molecule has 0 fully saturated rings. The summed E-state index contributed by atoms with van der Waals surface area (Å²) >= 11 is 4.87. The number of rotatable bonds is 23. The second-order valence-corrected chi connectivity index (χ2v) is 12.0. The van der Waals surface area contributed by atoms with Crippen LogP contribution in [0.2, 0.25) is 0 Å². The third-order valence-corrected chi connectivity index (χ3v) is 7.33. The van der Waals surface area contributed by atoms with Crippen molar-refractivity contribution in [2.24, 2.45) is 5.73 Å². The fraction of sp³-hybridized carbons (Fsp3) is 0.421. The standard InChI is InChI=1S/C19H26N4O4.C15H22N4O3.C4H5ClO/c1-15(2)19(24)20-12-16-4-6-18(7-5-16)23-13-17(21-22-23)14-27-11-10-26-9-8-25-3;1-20-6-7-21-8-9-22-12-14-11-19(18-17-14)15-4-2-13(10-16)3-5-15;1-3(2)4(5)6/h4-7,13H,1,8-12,14H2,2-3H3,(H,20,24);2-5,11H,6-10,12,16H2,1H3;1H2,2H3. The molecule has 1 amide bonds. The Morgan fingerprint density at radius 1 is 0.673 bits per heavy atom. The van der Waals surface area contributed by atoms with Gasteiger partial charge >= 0.3 is 0 Å². The van der Waals surface area contributed by atoms with Crippen LogP contribution in [-0.2, 0) is 64.3 Å². The maximum absolute atomic E-state index is 11.5. The van der Waals surface area contributed by atoms with Gasteiger partial charge in [-0.3, -0.25) is 9.59 Å². The normalized spacial score (nSPS) is 10.5. The van der Waals surface area contributed by atoms with Crippen LogP contribution >= 0.6 is 11.6 Å². The molecule has 0 aliphatic carbocycles. The zero-order valence-corrected chi connectivity index (χ0v) is 32.8. The fourth-order valence-electron chi connectivity index (χ4n) is 3.94. The van der Waals surface area contributed by atoms with Crippen LogP contribution in [0, 0.1) is 0 Å². The van der Waals surface area contributed by atoms with Crippen LogP contribution in [0.25, 0.3) is 11.4 Å². The molecule has 17 heteroatoms. The minimum Gasteiger partial charge on any atom is -0.382 e. The summed E-state index contributed by atoms with van der Waals surface area (Å²) in [4.78, 5) is 21.3. The van der Waals surface area contributed by atoms with Crippen molar-refractivity contribution in [2.45, 2.75) is 40.2 Å². The first-order valence-corrected chi connectivity index (χ1v) is 17.7. The monoisotopic (exact) mass is 784 g/mol. The number of aromatic nitrogens is 6. The molecule has 4 aromatic rings. The Bertz CT molecular complexity index is 1690. The molecule has 16 nitrogen and oxygen atoms in total. The second kappa shape index (κ2) is 27.9. The summed E-state index contributed by atoms with van der Waals surface area (Å²) in [7, 11) is 3.28. The van der Waals surface area contributed by atoms with Crippen LogP contribution in [-0.4, -0.2) is 108 Å². The predicted molar refractivity (Wildman–Crippen MR) is 208 cm³/mol. The summed E-state index contributed by atoms with van der Waals surface area (Å²) in [6, 6.07) is 15.6. The lowest BCUT2D eigenvalue weighted by atomic mass is 10.2. The molecule has 0 saturated carbocycles. The van der Waals surface area contributed by atoms with Crippen molar-refractivity contribution < 1.29 is 38.0 Å². The van der Waals surface area contributed by atoms with Gasteiger partial charge < -0.3 is 39.5 Å². The molecular weight excluding hydrogens is 732 g/mol. The molecule has 3 N–H and O–H groups in total. The average molecular weight is 785 g/mol. The van der Waals surface area contributed by atoms with Gasteiger partial charge in [-0.1, -0.05) is 47.9 Å². The third kappa shape index (κ3) is 20.0. The van der Waals surface area contributed by atoms with Gasteiger partial charge in [0.2, 0.25) is 11.1 Å². The van der Waals surface area contributed by atoms with Gasteiger partial charge in [-0.2, -0.15) is 0 Å². The number of carbonyl (C=O) groups is 2. The minimum atomic E-state index is -0.463. The quantitative estimate of drug-likeness (QED) is 0.0627. The summed E-state index contributed by atoms with van der Waals surface area (Å²) in [6.07, 6.45) is 3.67. The van der Waals surface area contributed by atoms with Crippen LogP contribution in [0.15, 0.2) is 85.2 Å². The smallest absolute Gasteiger partial charge is 0.247 e. The van der Waals surface area contributed by atoms with Crippen molar-refractivity contribution in [2.75, 3.05) is 67.1 Å². The number of ether oxygens (including phenoxy) is 6. The Balaban J connectivity index is 0.000000336. The summed E-state index contributed by atoms with van der Waals surface area (Å²) in [6.45, 7) is 16.3. The minimum absolute atomic E-state index is 0.149. The Labute approximate surface area is 327 Å². The number of hydrogen-bond acceptors (Lipinski definition) is 13. The van der Waals surface area contributed by atoms with Crippen LogP contribution in [0.3, 0.4) is 0 Å². The highest BCUT2D eigenvalue weighted by molar-refractivity contribution is 6.67. The van der Waals surface area contributed by atoms with E-state index in [1.807, 2.05) is 60.9 Å². The molecule has 55 heavy (non-hydrogen) atoms. The summed E-state index contributed by atoms with van der Waals surface area (Å²) < 4.78 is 34.8. The van der Waals surface area contributed by atoms with E-state index in [9.17, 15) is 9.59 Å². The molecular formula is C38H53ClN8O8. The van der Waals surface area contributed by atoms with Crippen LogP contribution < -0.4 is 11.1 Å². The van der Waals surface area contributed by atoms with Gasteiger partial charge in [-0.15, -0.1) is 10.2 Å². The maximum Gasteiger partial charge on any atom is 0.247 e. The third-order valence-electron chi connectivity index (χ3n) is 7.00. The van der Waals surface area contributed by atoms with Crippen molar-refractivity contribution >= 4 is 22.8 Å². The Hall–Kier alpha value is -4.65. The number of nitrogens with zero attached hydrogens (tertiary/aromatic N) is 6. The van der Waals surface area contributed by atoms with Gasteiger partial charge in [0.25, 0.3) is 0 Å². The average Bonchev–Trinajstić information content (AvgIpc) is 3.87. The molecule has 2 aromatic carbocycles. The molecule has 0 spiro atoms. The topological polar surface area (TPSA) is 189 Å². The largest absolute Gasteiger partial charge is 0.382 e. The first kappa shape index (κ1) is 46.5. The molecule has 0 bridgehead atoms. The number of halogens is 1. The van der Waals surface area contributed by atoms with E-state index >= 15 is 0 Å². The number of nitrogens with two attached hydrogens (primary N) is 1. The lowest BCUT2D eigenvalue weighted by Gasteiger charge is -2.06. The number of nitrogens with one attached hydrogen (secondary N) is 1. The van der Waals surface area contributed by atoms with E-state index in [0.29, 0.717) is 90.3 Å². The van der Waals surface area contributed by atoms with E-state index in [2.05, 4.69) is 39.1 Å². The number of allylic oxidation sites excluding steroid dienone is 1. The number of amides is 1. The van der Waals surface area contributed by atoms with E-state index in [1.165, 1.54) is 0 Å². The predicted octanol–water partition coefficient (Wildman–Crippen LogP) is 3.87. The summed E-state index contributed by atoms with van der Waals surface area (Å²) in [5.74, 6) is -0.149.